The van der Waals surface area contributed by atoms with E-state index in [1.807, 2.05) is 13.8 Å². The average Bonchev–Trinajstić information content (AvgIpc) is 3.01. The van der Waals surface area contributed by atoms with Crippen LogP contribution in [0.5, 0.6) is 5.75 Å². The summed E-state index contributed by atoms with van der Waals surface area (Å²) in [5.74, 6) is 0.755. The van der Waals surface area contributed by atoms with Crippen LogP contribution in [0.1, 0.15) is 38.2 Å². The van der Waals surface area contributed by atoms with E-state index in [-0.39, 0.29) is 17.8 Å². The number of ether oxygens (including phenoxy) is 1. The lowest BCUT2D eigenvalue weighted by Crippen LogP contribution is -2.03. The summed E-state index contributed by atoms with van der Waals surface area (Å²) >= 11 is 0. The Balaban J connectivity index is 2.31. The van der Waals surface area contributed by atoms with Crippen molar-refractivity contribution in [3.05, 3.63) is 27.9 Å². The third-order valence-corrected chi connectivity index (χ3v) is 2.51. The molecule has 86 valence electrons. The van der Waals surface area contributed by atoms with E-state index in [2.05, 4.69) is 4.98 Å². The number of nitrogens with zero attached hydrogens (tertiary/aromatic N) is 2. The van der Waals surface area contributed by atoms with Gasteiger partial charge in [-0.1, -0.05) is 13.8 Å². The average molecular weight is 222 g/mol. The van der Waals surface area contributed by atoms with E-state index in [0.29, 0.717) is 5.75 Å². The van der Waals surface area contributed by atoms with Crippen LogP contribution in [0, 0.1) is 10.1 Å². The Morgan fingerprint density at radius 3 is 2.75 bits per heavy atom. The first-order valence-corrected chi connectivity index (χ1v) is 5.39. The smallest absolute Gasteiger partial charge is 0.363 e. The Bertz CT molecular complexity index is 414. The monoisotopic (exact) mass is 222 g/mol. The molecule has 0 unspecified atom stereocenters. The van der Waals surface area contributed by atoms with Crippen molar-refractivity contribution in [1.29, 1.82) is 0 Å². The van der Waals surface area contributed by atoms with Crippen LogP contribution in [0.4, 0.5) is 5.82 Å². The van der Waals surface area contributed by atoms with Crippen LogP contribution in [-0.2, 0) is 0 Å². The topological polar surface area (TPSA) is 65.3 Å². The van der Waals surface area contributed by atoms with Gasteiger partial charge in [-0.2, -0.15) is 0 Å². The largest absolute Gasteiger partial charge is 0.486 e. The quantitative estimate of drug-likeness (QED) is 0.580. The molecule has 16 heavy (non-hydrogen) atoms. The number of pyridine rings is 1. The Morgan fingerprint density at radius 2 is 2.25 bits per heavy atom. The maximum atomic E-state index is 10.6. The van der Waals surface area contributed by atoms with E-state index >= 15 is 0 Å². The first-order valence-electron chi connectivity index (χ1n) is 5.39. The van der Waals surface area contributed by atoms with Crippen LogP contribution in [0.2, 0.25) is 0 Å². The number of rotatable bonds is 4. The summed E-state index contributed by atoms with van der Waals surface area (Å²) in [6.45, 7) is 3.97. The molecule has 1 aromatic rings. The molecule has 0 N–H and O–H groups in total. The van der Waals surface area contributed by atoms with Crippen molar-refractivity contribution in [3.63, 3.8) is 0 Å². The Labute approximate surface area is 93.6 Å². The summed E-state index contributed by atoms with van der Waals surface area (Å²) in [5.41, 5.74) is 0.855. The molecule has 0 aromatic carbocycles. The van der Waals surface area contributed by atoms with Crippen LogP contribution in [0.15, 0.2) is 12.3 Å². The van der Waals surface area contributed by atoms with Gasteiger partial charge in [0.05, 0.1) is 6.10 Å². The third-order valence-electron chi connectivity index (χ3n) is 2.51. The van der Waals surface area contributed by atoms with Gasteiger partial charge < -0.3 is 14.9 Å². The Hall–Kier alpha value is -1.65. The molecule has 5 nitrogen and oxygen atoms in total. The van der Waals surface area contributed by atoms with Gasteiger partial charge in [0.15, 0.2) is 11.9 Å². The second-order valence-corrected chi connectivity index (χ2v) is 4.31. The highest BCUT2D eigenvalue weighted by molar-refractivity contribution is 5.39. The van der Waals surface area contributed by atoms with Crippen LogP contribution >= 0.6 is 0 Å². The van der Waals surface area contributed by atoms with E-state index < -0.39 is 4.92 Å². The zero-order chi connectivity index (χ0) is 11.7. The van der Waals surface area contributed by atoms with Gasteiger partial charge in [-0.25, -0.2) is 0 Å². The zero-order valence-electron chi connectivity index (χ0n) is 9.34. The molecule has 1 aromatic heterocycles. The van der Waals surface area contributed by atoms with E-state index in [1.165, 1.54) is 12.3 Å². The van der Waals surface area contributed by atoms with E-state index in [4.69, 9.17) is 4.74 Å². The Kier molecular flexibility index (Phi) is 2.77. The summed E-state index contributed by atoms with van der Waals surface area (Å²) in [6.07, 6.45) is 3.87. The van der Waals surface area contributed by atoms with Crippen LogP contribution in [0.25, 0.3) is 0 Å². The van der Waals surface area contributed by atoms with Crippen molar-refractivity contribution in [1.82, 2.24) is 4.98 Å². The predicted molar refractivity (Wildman–Crippen MR) is 58.6 cm³/mol. The molecule has 1 fully saturated rings. The maximum absolute atomic E-state index is 10.6. The van der Waals surface area contributed by atoms with Crippen molar-refractivity contribution in [3.8, 4) is 5.75 Å². The number of aromatic nitrogens is 1. The van der Waals surface area contributed by atoms with Gasteiger partial charge in [0, 0.05) is 11.6 Å². The van der Waals surface area contributed by atoms with E-state index in [9.17, 15) is 10.1 Å². The fourth-order valence-electron chi connectivity index (χ4n) is 1.46. The minimum absolute atomic E-state index is 0.119. The molecule has 0 atom stereocenters. The normalized spacial score (nSPS) is 15.2. The van der Waals surface area contributed by atoms with Crippen molar-refractivity contribution < 1.29 is 9.66 Å². The lowest BCUT2D eigenvalue weighted by Gasteiger charge is -2.11. The van der Waals surface area contributed by atoms with Gasteiger partial charge in [-0.3, -0.25) is 0 Å². The van der Waals surface area contributed by atoms with Crippen molar-refractivity contribution in [2.75, 3.05) is 0 Å². The van der Waals surface area contributed by atoms with E-state index in [0.717, 1.165) is 18.4 Å². The standard InChI is InChI=1S/C11H14N2O3/c1-7(2)9-5-11(13(14)15)12-6-10(9)16-8-3-4-8/h5-8H,3-4H2,1-2H3. The van der Waals surface area contributed by atoms with Crippen LogP contribution in [0.3, 0.4) is 0 Å². The molecule has 0 saturated heterocycles. The molecule has 0 amide bonds. The minimum atomic E-state index is -0.479. The van der Waals surface area contributed by atoms with Gasteiger partial charge in [-0.15, -0.1) is 0 Å². The molecule has 1 saturated carbocycles. The van der Waals surface area contributed by atoms with Crippen molar-refractivity contribution in [2.45, 2.75) is 38.7 Å². The Morgan fingerprint density at radius 1 is 1.56 bits per heavy atom. The first kappa shape index (κ1) is 10.9. The fraction of sp³-hybridized carbons (Fsp3) is 0.545. The second kappa shape index (κ2) is 4.08. The second-order valence-electron chi connectivity index (χ2n) is 4.31. The fourth-order valence-corrected chi connectivity index (χ4v) is 1.46. The van der Waals surface area contributed by atoms with Gasteiger partial charge in [0.25, 0.3) is 0 Å². The predicted octanol–water partition coefficient (Wildman–Crippen LogP) is 2.65. The molecule has 1 heterocycles. The molecule has 0 aliphatic heterocycles. The lowest BCUT2D eigenvalue weighted by molar-refractivity contribution is -0.389. The summed E-state index contributed by atoms with van der Waals surface area (Å²) in [4.78, 5) is 13.9. The molecule has 0 spiro atoms. The molecule has 2 rings (SSSR count). The summed E-state index contributed by atoms with van der Waals surface area (Å²) in [6, 6.07) is 1.50. The highest BCUT2D eigenvalue weighted by Crippen LogP contribution is 2.33. The maximum Gasteiger partial charge on any atom is 0.363 e. The SMILES string of the molecule is CC(C)c1cc([N+](=O)[O-])ncc1OC1CC1. The molecule has 1 aliphatic carbocycles. The number of hydrogen-bond acceptors (Lipinski definition) is 4. The summed E-state index contributed by atoms with van der Waals surface area (Å²) in [5, 5.41) is 10.6. The van der Waals surface area contributed by atoms with Crippen molar-refractivity contribution in [2.24, 2.45) is 0 Å². The third kappa shape index (κ3) is 2.29. The lowest BCUT2D eigenvalue weighted by atomic mass is 10.0. The van der Waals surface area contributed by atoms with Crippen LogP contribution < -0.4 is 4.74 Å². The highest BCUT2D eigenvalue weighted by Gasteiger charge is 2.26. The molecule has 0 radical (unpaired) electrons. The molecular formula is C11H14N2O3. The number of hydrogen-bond donors (Lipinski definition) is 0. The van der Waals surface area contributed by atoms with E-state index in [1.54, 1.807) is 0 Å². The molecule has 0 bridgehead atoms. The first-order chi connectivity index (χ1) is 7.58. The van der Waals surface area contributed by atoms with Crippen LogP contribution in [-0.4, -0.2) is 16.0 Å². The molecular weight excluding hydrogens is 208 g/mol. The number of nitro groups is 1. The highest BCUT2D eigenvalue weighted by atomic mass is 16.6. The minimum Gasteiger partial charge on any atom is -0.486 e. The van der Waals surface area contributed by atoms with Crippen molar-refractivity contribution >= 4 is 5.82 Å². The summed E-state index contributed by atoms with van der Waals surface area (Å²) < 4.78 is 5.67. The molecule has 5 heteroatoms. The van der Waals surface area contributed by atoms with Gasteiger partial charge >= 0.3 is 5.82 Å². The molecule has 1 aliphatic rings. The van der Waals surface area contributed by atoms with Gasteiger partial charge in [0.1, 0.15) is 0 Å². The zero-order valence-corrected chi connectivity index (χ0v) is 9.34. The van der Waals surface area contributed by atoms with Gasteiger partial charge in [0.2, 0.25) is 0 Å². The summed E-state index contributed by atoms with van der Waals surface area (Å²) in [7, 11) is 0. The van der Waals surface area contributed by atoms with Gasteiger partial charge in [-0.05, 0) is 28.7 Å².